The maximum absolute atomic E-state index is 11.0. The van der Waals surface area contributed by atoms with E-state index in [0.29, 0.717) is 5.82 Å². The Morgan fingerprint density at radius 1 is 1.54 bits per heavy atom. The van der Waals surface area contributed by atoms with E-state index in [-0.39, 0.29) is 12.3 Å². The molecule has 0 unspecified atom stereocenters. The van der Waals surface area contributed by atoms with E-state index in [0.717, 1.165) is 0 Å². The molecule has 13 heavy (non-hydrogen) atoms. The van der Waals surface area contributed by atoms with Crippen molar-refractivity contribution in [3.8, 4) is 0 Å². The number of carbonyl (C=O) groups is 2. The summed E-state index contributed by atoms with van der Waals surface area (Å²) in [7, 11) is 1.46. The van der Waals surface area contributed by atoms with Gasteiger partial charge in [-0.3, -0.25) is 9.59 Å². The number of amides is 2. The maximum atomic E-state index is 11.0. The van der Waals surface area contributed by atoms with Gasteiger partial charge in [0.25, 0.3) is 0 Å². The number of anilines is 1. The smallest absolute Gasteiger partial charge is 0.235 e. The van der Waals surface area contributed by atoms with Gasteiger partial charge in [-0.05, 0) is 0 Å². The van der Waals surface area contributed by atoms with Crippen molar-refractivity contribution >= 4 is 17.6 Å². The van der Waals surface area contributed by atoms with Gasteiger partial charge in [0.05, 0.1) is 0 Å². The van der Waals surface area contributed by atoms with Crippen LogP contribution in [-0.2, 0) is 9.59 Å². The Hall–Kier alpha value is -1.85. The van der Waals surface area contributed by atoms with Gasteiger partial charge in [-0.2, -0.15) is 0 Å². The zero-order valence-electron chi connectivity index (χ0n) is 7.03. The molecule has 1 heterocycles. The molecule has 6 heteroatoms. The van der Waals surface area contributed by atoms with Gasteiger partial charge in [-0.25, -0.2) is 0 Å². The average molecular weight is 183 g/mol. The Labute approximate surface area is 74.3 Å². The van der Waals surface area contributed by atoms with Crippen molar-refractivity contribution < 1.29 is 14.1 Å². The second kappa shape index (κ2) is 4.24. The molecule has 0 aliphatic carbocycles. The topological polar surface area (TPSA) is 84.2 Å². The lowest BCUT2D eigenvalue weighted by atomic mass is 10.4. The minimum atomic E-state index is -0.423. The third kappa shape index (κ3) is 2.94. The first-order chi connectivity index (χ1) is 6.22. The molecular weight excluding hydrogens is 174 g/mol. The van der Waals surface area contributed by atoms with Crippen molar-refractivity contribution in [3.63, 3.8) is 0 Å². The van der Waals surface area contributed by atoms with Crippen molar-refractivity contribution in [2.45, 2.75) is 6.42 Å². The highest BCUT2D eigenvalue weighted by Gasteiger charge is 2.08. The van der Waals surface area contributed by atoms with Gasteiger partial charge in [0.15, 0.2) is 5.82 Å². The first-order valence-corrected chi connectivity index (χ1v) is 3.63. The molecule has 6 nitrogen and oxygen atoms in total. The zero-order valence-corrected chi connectivity index (χ0v) is 7.03. The molecule has 70 valence electrons. The highest BCUT2D eigenvalue weighted by atomic mass is 16.5. The number of hydrogen-bond donors (Lipinski definition) is 2. The van der Waals surface area contributed by atoms with Gasteiger partial charge in [-0.15, -0.1) is 0 Å². The summed E-state index contributed by atoms with van der Waals surface area (Å²) in [5.41, 5.74) is 0. The molecule has 1 aromatic heterocycles. The molecule has 0 aliphatic heterocycles. The fraction of sp³-hybridized carbons (Fsp3) is 0.286. The van der Waals surface area contributed by atoms with Crippen LogP contribution in [0.2, 0.25) is 0 Å². The van der Waals surface area contributed by atoms with Crippen LogP contribution in [0.3, 0.4) is 0 Å². The summed E-state index contributed by atoms with van der Waals surface area (Å²) in [5.74, 6) is -0.469. The predicted molar refractivity (Wildman–Crippen MR) is 43.8 cm³/mol. The lowest BCUT2D eigenvalue weighted by Gasteiger charge is -1.99. The lowest BCUT2D eigenvalue weighted by molar-refractivity contribution is -0.126. The van der Waals surface area contributed by atoms with E-state index in [2.05, 4.69) is 20.3 Å². The van der Waals surface area contributed by atoms with Crippen molar-refractivity contribution in [1.82, 2.24) is 10.5 Å². The number of hydrogen-bond acceptors (Lipinski definition) is 4. The zero-order chi connectivity index (χ0) is 9.68. The number of aromatic nitrogens is 1. The normalized spacial score (nSPS) is 9.31. The summed E-state index contributed by atoms with van der Waals surface area (Å²) in [6, 6.07) is 1.49. The van der Waals surface area contributed by atoms with Crippen LogP contribution in [0.15, 0.2) is 16.9 Å². The summed E-state index contributed by atoms with van der Waals surface area (Å²) in [5, 5.41) is 8.17. The molecule has 1 aromatic rings. The second-order valence-corrected chi connectivity index (χ2v) is 2.28. The minimum absolute atomic E-state index is 0.219. The SMILES string of the molecule is CNC(=O)CC(=O)Nc1ccon1. The van der Waals surface area contributed by atoms with E-state index < -0.39 is 5.91 Å². The first kappa shape index (κ1) is 9.24. The first-order valence-electron chi connectivity index (χ1n) is 3.63. The van der Waals surface area contributed by atoms with Crippen LogP contribution in [0.1, 0.15) is 6.42 Å². The molecule has 2 amide bonds. The third-order valence-electron chi connectivity index (χ3n) is 1.31. The van der Waals surface area contributed by atoms with E-state index >= 15 is 0 Å². The molecule has 1 rings (SSSR count). The molecule has 0 aliphatic rings. The summed E-state index contributed by atoms with van der Waals surface area (Å²) < 4.78 is 4.48. The van der Waals surface area contributed by atoms with Crippen molar-refractivity contribution in [2.24, 2.45) is 0 Å². The average Bonchev–Trinajstić information content (AvgIpc) is 2.56. The third-order valence-corrected chi connectivity index (χ3v) is 1.31. The molecule has 2 N–H and O–H groups in total. The summed E-state index contributed by atoms with van der Waals surface area (Å²) in [6.45, 7) is 0. The van der Waals surface area contributed by atoms with Gasteiger partial charge in [0.1, 0.15) is 12.7 Å². The highest BCUT2D eigenvalue weighted by Crippen LogP contribution is 2.01. The van der Waals surface area contributed by atoms with Crippen molar-refractivity contribution in [2.75, 3.05) is 12.4 Å². The minimum Gasteiger partial charge on any atom is -0.363 e. The van der Waals surface area contributed by atoms with E-state index in [1.165, 1.54) is 19.4 Å². The molecule has 0 saturated heterocycles. The summed E-state index contributed by atoms with van der Waals surface area (Å²) in [4.78, 5) is 21.8. The Kier molecular flexibility index (Phi) is 3.02. The molecular formula is C7H9N3O3. The largest absolute Gasteiger partial charge is 0.363 e. The van der Waals surface area contributed by atoms with Crippen LogP contribution in [0.4, 0.5) is 5.82 Å². The van der Waals surface area contributed by atoms with E-state index in [1.54, 1.807) is 0 Å². The number of rotatable bonds is 3. The highest BCUT2D eigenvalue weighted by molar-refractivity contribution is 6.02. The fourth-order valence-corrected chi connectivity index (χ4v) is 0.698. The molecule has 0 fully saturated rings. The Bertz CT molecular complexity index is 294. The van der Waals surface area contributed by atoms with Gasteiger partial charge >= 0.3 is 0 Å². The Morgan fingerprint density at radius 2 is 2.31 bits per heavy atom. The predicted octanol–water partition coefficient (Wildman–Crippen LogP) is -0.251. The van der Waals surface area contributed by atoms with Crippen LogP contribution >= 0.6 is 0 Å². The van der Waals surface area contributed by atoms with Crippen LogP contribution in [-0.4, -0.2) is 24.0 Å². The molecule has 0 spiro atoms. The number of nitrogens with zero attached hydrogens (tertiary/aromatic N) is 1. The van der Waals surface area contributed by atoms with E-state index in [1.807, 2.05) is 0 Å². The fourth-order valence-electron chi connectivity index (χ4n) is 0.698. The van der Waals surface area contributed by atoms with Crippen LogP contribution < -0.4 is 10.6 Å². The molecule has 0 radical (unpaired) electrons. The van der Waals surface area contributed by atoms with Crippen LogP contribution in [0, 0.1) is 0 Å². The molecule has 0 saturated carbocycles. The van der Waals surface area contributed by atoms with E-state index in [9.17, 15) is 9.59 Å². The van der Waals surface area contributed by atoms with Crippen molar-refractivity contribution in [3.05, 3.63) is 12.3 Å². The molecule has 0 atom stereocenters. The lowest BCUT2D eigenvalue weighted by Crippen LogP contribution is -2.24. The Morgan fingerprint density at radius 3 is 2.85 bits per heavy atom. The molecule has 0 bridgehead atoms. The van der Waals surface area contributed by atoms with E-state index in [4.69, 9.17) is 0 Å². The Balaban J connectivity index is 2.38. The van der Waals surface area contributed by atoms with Crippen LogP contribution in [0.5, 0.6) is 0 Å². The van der Waals surface area contributed by atoms with Gasteiger partial charge in [0, 0.05) is 13.1 Å². The standard InChI is InChI=1S/C7H9N3O3/c1-8-6(11)4-7(12)9-5-2-3-13-10-5/h2-3H,4H2,1H3,(H,8,11)(H,9,10,12). The monoisotopic (exact) mass is 183 g/mol. The van der Waals surface area contributed by atoms with Crippen LogP contribution in [0.25, 0.3) is 0 Å². The maximum Gasteiger partial charge on any atom is 0.235 e. The summed E-state index contributed by atoms with van der Waals surface area (Å²) >= 11 is 0. The molecule has 0 aromatic carbocycles. The number of nitrogens with one attached hydrogen (secondary N) is 2. The quantitative estimate of drug-likeness (QED) is 0.633. The summed E-state index contributed by atoms with van der Waals surface area (Å²) in [6.07, 6.45) is 1.11. The van der Waals surface area contributed by atoms with Gasteiger partial charge in [0.2, 0.25) is 11.8 Å². The number of carbonyl (C=O) groups excluding carboxylic acids is 2. The van der Waals surface area contributed by atoms with Crippen molar-refractivity contribution in [1.29, 1.82) is 0 Å². The van der Waals surface area contributed by atoms with Gasteiger partial charge < -0.3 is 15.2 Å². The van der Waals surface area contributed by atoms with Gasteiger partial charge in [-0.1, -0.05) is 5.16 Å². The second-order valence-electron chi connectivity index (χ2n) is 2.28.